The summed E-state index contributed by atoms with van der Waals surface area (Å²) in [7, 11) is 0. The van der Waals surface area contributed by atoms with Crippen molar-refractivity contribution in [1.29, 1.82) is 0 Å². The number of likely N-dealkylation sites (tertiary alicyclic amines) is 1. The molecule has 0 bridgehead atoms. The van der Waals surface area contributed by atoms with Gasteiger partial charge >= 0.3 is 0 Å². The largest absolute Gasteiger partial charge is 0.300 e. The Morgan fingerprint density at radius 1 is 1.00 bits per heavy atom. The molecule has 1 aliphatic carbocycles. The van der Waals surface area contributed by atoms with Crippen molar-refractivity contribution in [3.8, 4) is 0 Å². The van der Waals surface area contributed by atoms with Crippen LogP contribution in [0.5, 0.6) is 0 Å². The zero-order valence-corrected chi connectivity index (χ0v) is 11.4. The Bertz CT molecular complexity index is 327. The molecule has 0 N–H and O–H groups in total. The highest BCUT2D eigenvalue weighted by Crippen LogP contribution is 2.38. The lowest BCUT2D eigenvalue weighted by molar-refractivity contribution is 0.114. The first-order valence-electron chi connectivity index (χ1n) is 7.22. The molecular formula is C15H23NS. The third-order valence-corrected chi connectivity index (χ3v) is 5.50. The van der Waals surface area contributed by atoms with Gasteiger partial charge in [-0.25, -0.2) is 0 Å². The molecule has 3 rings (SSSR count). The Labute approximate surface area is 109 Å². The maximum atomic E-state index is 2.80. The summed E-state index contributed by atoms with van der Waals surface area (Å²) in [6.45, 7) is 2.71. The molecule has 0 amide bonds. The van der Waals surface area contributed by atoms with E-state index in [2.05, 4.69) is 22.4 Å². The van der Waals surface area contributed by atoms with Crippen LogP contribution in [0.3, 0.4) is 0 Å². The lowest BCUT2D eigenvalue weighted by atomic mass is 9.82. The van der Waals surface area contributed by atoms with Crippen molar-refractivity contribution in [3.63, 3.8) is 0 Å². The summed E-state index contributed by atoms with van der Waals surface area (Å²) < 4.78 is 0. The summed E-state index contributed by atoms with van der Waals surface area (Å²) in [5.74, 6) is 0.835. The fourth-order valence-corrected chi connectivity index (χ4v) is 4.55. The summed E-state index contributed by atoms with van der Waals surface area (Å²) in [5, 5.41) is 2.25. The van der Waals surface area contributed by atoms with Crippen LogP contribution < -0.4 is 0 Å². The summed E-state index contributed by atoms with van der Waals surface area (Å²) in [5.41, 5.74) is 0. The van der Waals surface area contributed by atoms with Gasteiger partial charge in [-0.05, 0) is 50.2 Å². The van der Waals surface area contributed by atoms with E-state index < -0.39 is 0 Å². The van der Waals surface area contributed by atoms with Crippen LogP contribution in [0.2, 0.25) is 0 Å². The molecule has 2 atom stereocenters. The lowest BCUT2D eigenvalue weighted by Gasteiger charge is -2.41. The monoisotopic (exact) mass is 249 g/mol. The number of thiophene rings is 1. The zero-order chi connectivity index (χ0) is 11.5. The number of rotatable bonds is 2. The molecule has 1 aliphatic heterocycles. The van der Waals surface area contributed by atoms with E-state index in [0.717, 1.165) is 12.0 Å². The average Bonchev–Trinajstić information content (AvgIpc) is 2.94. The minimum Gasteiger partial charge on any atom is -0.300 e. The van der Waals surface area contributed by atoms with E-state index in [1.54, 1.807) is 4.88 Å². The van der Waals surface area contributed by atoms with E-state index in [1.807, 2.05) is 11.3 Å². The standard InChI is InChI=1S/C15H23NS/c1-4-10-16(11-5-1)14-8-3-2-7-13(14)15-9-6-12-17-15/h6,9,12-14H,1-5,7-8,10-11H2. The van der Waals surface area contributed by atoms with Crippen molar-refractivity contribution in [3.05, 3.63) is 22.4 Å². The topological polar surface area (TPSA) is 3.24 Å². The molecule has 2 fully saturated rings. The fourth-order valence-electron chi connectivity index (χ4n) is 3.63. The molecule has 1 aromatic rings. The van der Waals surface area contributed by atoms with Gasteiger partial charge in [-0.3, -0.25) is 4.90 Å². The molecule has 2 unspecified atom stereocenters. The fraction of sp³-hybridized carbons (Fsp3) is 0.733. The van der Waals surface area contributed by atoms with Crippen LogP contribution in [-0.2, 0) is 0 Å². The second-order valence-electron chi connectivity index (χ2n) is 5.57. The normalized spacial score (nSPS) is 31.5. The van der Waals surface area contributed by atoms with Gasteiger partial charge in [0, 0.05) is 16.8 Å². The molecule has 94 valence electrons. The van der Waals surface area contributed by atoms with Crippen molar-refractivity contribution < 1.29 is 0 Å². The summed E-state index contributed by atoms with van der Waals surface area (Å²) in [4.78, 5) is 4.44. The number of hydrogen-bond donors (Lipinski definition) is 0. The minimum absolute atomic E-state index is 0.835. The summed E-state index contributed by atoms with van der Waals surface area (Å²) in [6.07, 6.45) is 10.0. The molecule has 2 aliphatic rings. The van der Waals surface area contributed by atoms with E-state index >= 15 is 0 Å². The second-order valence-corrected chi connectivity index (χ2v) is 6.55. The van der Waals surface area contributed by atoms with Crippen molar-refractivity contribution in [1.82, 2.24) is 4.90 Å². The van der Waals surface area contributed by atoms with Crippen molar-refractivity contribution in [2.24, 2.45) is 0 Å². The van der Waals surface area contributed by atoms with Crippen LogP contribution in [0, 0.1) is 0 Å². The first kappa shape index (κ1) is 11.7. The molecule has 17 heavy (non-hydrogen) atoms. The highest BCUT2D eigenvalue weighted by Gasteiger charge is 2.32. The number of nitrogens with zero attached hydrogens (tertiary/aromatic N) is 1. The highest BCUT2D eigenvalue weighted by atomic mass is 32.1. The maximum Gasteiger partial charge on any atom is 0.0172 e. The number of piperidine rings is 1. The molecule has 0 radical (unpaired) electrons. The predicted octanol–water partition coefficient (Wildman–Crippen LogP) is 4.26. The Morgan fingerprint density at radius 2 is 1.82 bits per heavy atom. The summed E-state index contributed by atoms with van der Waals surface area (Å²) in [6, 6.07) is 5.43. The first-order valence-corrected chi connectivity index (χ1v) is 8.10. The van der Waals surface area contributed by atoms with Gasteiger partial charge < -0.3 is 0 Å². The summed E-state index contributed by atoms with van der Waals surface area (Å²) >= 11 is 1.97. The Morgan fingerprint density at radius 3 is 2.59 bits per heavy atom. The molecule has 0 spiro atoms. The van der Waals surface area contributed by atoms with E-state index in [-0.39, 0.29) is 0 Å². The third kappa shape index (κ3) is 2.58. The van der Waals surface area contributed by atoms with E-state index in [4.69, 9.17) is 0 Å². The van der Waals surface area contributed by atoms with Crippen molar-refractivity contribution in [2.75, 3.05) is 13.1 Å². The molecule has 2 heteroatoms. The van der Waals surface area contributed by atoms with E-state index in [9.17, 15) is 0 Å². The quantitative estimate of drug-likeness (QED) is 0.757. The Balaban J connectivity index is 1.75. The van der Waals surface area contributed by atoms with Crippen LogP contribution in [0.15, 0.2) is 17.5 Å². The van der Waals surface area contributed by atoms with E-state index in [0.29, 0.717) is 0 Å². The maximum absolute atomic E-state index is 2.80. The van der Waals surface area contributed by atoms with Crippen LogP contribution in [0.25, 0.3) is 0 Å². The van der Waals surface area contributed by atoms with Gasteiger partial charge in [-0.1, -0.05) is 25.3 Å². The van der Waals surface area contributed by atoms with Crippen molar-refractivity contribution in [2.45, 2.75) is 56.9 Å². The van der Waals surface area contributed by atoms with Gasteiger partial charge in [-0.2, -0.15) is 0 Å². The van der Waals surface area contributed by atoms with Crippen molar-refractivity contribution >= 4 is 11.3 Å². The Kier molecular flexibility index (Phi) is 3.82. The molecule has 1 nitrogen and oxygen atoms in total. The molecule has 1 saturated carbocycles. The second kappa shape index (κ2) is 5.53. The first-order chi connectivity index (χ1) is 8.45. The van der Waals surface area contributed by atoms with Crippen LogP contribution >= 0.6 is 11.3 Å². The highest BCUT2D eigenvalue weighted by molar-refractivity contribution is 7.10. The van der Waals surface area contributed by atoms with E-state index in [1.165, 1.54) is 58.0 Å². The molecule has 1 saturated heterocycles. The molecule has 2 heterocycles. The van der Waals surface area contributed by atoms with Gasteiger partial charge in [-0.15, -0.1) is 11.3 Å². The predicted molar refractivity (Wildman–Crippen MR) is 74.7 cm³/mol. The minimum atomic E-state index is 0.835. The van der Waals surface area contributed by atoms with Gasteiger partial charge in [0.05, 0.1) is 0 Å². The molecular weight excluding hydrogens is 226 g/mol. The van der Waals surface area contributed by atoms with Crippen LogP contribution in [0.4, 0.5) is 0 Å². The Hall–Kier alpha value is -0.340. The SMILES string of the molecule is c1csc(C2CCCCC2N2CCCCC2)c1. The average molecular weight is 249 g/mol. The van der Waals surface area contributed by atoms with Gasteiger partial charge in [0.2, 0.25) is 0 Å². The smallest absolute Gasteiger partial charge is 0.0172 e. The van der Waals surface area contributed by atoms with Crippen LogP contribution in [0.1, 0.15) is 55.7 Å². The molecule has 0 aromatic carbocycles. The lowest BCUT2D eigenvalue weighted by Crippen LogP contribution is -2.43. The zero-order valence-electron chi connectivity index (χ0n) is 10.6. The van der Waals surface area contributed by atoms with Gasteiger partial charge in [0.25, 0.3) is 0 Å². The number of hydrogen-bond acceptors (Lipinski definition) is 2. The third-order valence-electron chi connectivity index (χ3n) is 4.50. The van der Waals surface area contributed by atoms with Crippen LogP contribution in [-0.4, -0.2) is 24.0 Å². The van der Waals surface area contributed by atoms with Gasteiger partial charge in [0.15, 0.2) is 0 Å². The van der Waals surface area contributed by atoms with Gasteiger partial charge in [0.1, 0.15) is 0 Å². The molecule has 1 aromatic heterocycles.